The van der Waals surface area contributed by atoms with Crippen LogP contribution in [-0.4, -0.2) is 57.6 Å². The van der Waals surface area contributed by atoms with Crippen LogP contribution in [0.2, 0.25) is 0 Å². The molecule has 11 nitrogen and oxygen atoms in total. The first-order valence-corrected chi connectivity index (χ1v) is 15.7. The number of hydrogen-bond acceptors (Lipinski definition) is 8. The predicted molar refractivity (Wildman–Crippen MR) is 155 cm³/mol. The Hall–Kier alpha value is -3.75. The molecule has 1 aliphatic rings. The smallest absolute Gasteiger partial charge is 0.342 e. The quantitative estimate of drug-likeness (QED) is 0.239. The summed E-state index contributed by atoms with van der Waals surface area (Å²) >= 11 is 0. The zero-order chi connectivity index (χ0) is 29.5. The number of esters is 1. The number of sulfone groups is 1. The Balaban J connectivity index is 2.00. The van der Waals surface area contributed by atoms with Crippen molar-refractivity contribution in [3.8, 4) is 16.9 Å². The molecule has 5 rings (SSSR count). The minimum absolute atomic E-state index is 0.0707. The lowest BCUT2D eigenvalue weighted by Crippen LogP contribution is -2.46. The molecule has 1 aliphatic heterocycles. The van der Waals surface area contributed by atoms with Crippen LogP contribution in [0, 0.1) is 0 Å². The van der Waals surface area contributed by atoms with Crippen LogP contribution in [0.3, 0.4) is 0 Å². The Morgan fingerprint density at radius 2 is 1.90 bits per heavy atom. The molecule has 41 heavy (non-hydrogen) atoms. The lowest BCUT2D eigenvalue weighted by Gasteiger charge is -2.31. The van der Waals surface area contributed by atoms with Crippen molar-refractivity contribution in [2.75, 3.05) is 13.7 Å². The molecule has 3 heterocycles. The van der Waals surface area contributed by atoms with Gasteiger partial charge in [-0.25, -0.2) is 22.7 Å². The van der Waals surface area contributed by atoms with Crippen molar-refractivity contribution in [3.63, 3.8) is 0 Å². The summed E-state index contributed by atoms with van der Waals surface area (Å²) in [5, 5.41) is 3.29. The summed E-state index contributed by atoms with van der Waals surface area (Å²) in [4.78, 5) is 17.5. The molecule has 0 radical (unpaired) electrons. The normalized spacial score (nSPS) is 16.6. The second-order valence-electron chi connectivity index (χ2n) is 9.36. The number of rotatable bonds is 7. The fourth-order valence-corrected chi connectivity index (χ4v) is 7.66. The molecule has 13 heteroatoms. The topological polar surface area (TPSA) is 146 Å². The van der Waals surface area contributed by atoms with Gasteiger partial charge >= 0.3 is 5.97 Å². The van der Waals surface area contributed by atoms with Gasteiger partial charge in [0.2, 0.25) is 10.1 Å². The van der Waals surface area contributed by atoms with E-state index in [4.69, 9.17) is 13.7 Å². The molecule has 0 bridgehead atoms. The molecule has 2 aromatic carbocycles. The first kappa shape index (κ1) is 28.8. The van der Waals surface area contributed by atoms with Crippen LogP contribution < -0.4 is 10.1 Å². The van der Waals surface area contributed by atoms with Gasteiger partial charge in [-0.3, -0.25) is 13.7 Å². The minimum atomic E-state index is -4.12. The fraction of sp³-hybridized carbons (Fsp3) is 0.250. The number of nitrogens with zero attached hydrogens (tertiary/aromatic N) is 2. The van der Waals surface area contributed by atoms with Crippen molar-refractivity contribution in [3.05, 3.63) is 77.7 Å². The SMILES string of the molecule is CCOS(=O)(O)=C1NC(C)Oc2c(C(=O)OC)c(CS(=O)(=O)c3ccccc3)c3c(c(-c4cccnc4)cn3C)c21. The Morgan fingerprint density at radius 1 is 1.17 bits per heavy atom. The van der Waals surface area contributed by atoms with Gasteiger partial charge in [0, 0.05) is 47.7 Å². The molecule has 0 fully saturated rings. The summed E-state index contributed by atoms with van der Waals surface area (Å²) in [6, 6.07) is 11.4. The molecule has 4 aromatic rings. The summed E-state index contributed by atoms with van der Waals surface area (Å²) < 4.78 is 70.2. The van der Waals surface area contributed by atoms with Gasteiger partial charge in [-0.05, 0) is 32.0 Å². The minimum Gasteiger partial charge on any atom is -0.474 e. The van der Waals surface area contributed by atoms with Gasteiger partial charge in [0.25, 0.3) is 0 Å². The van der Waals surface area contributed by atoms with Crippen molar-refractivity contribution >= 4 is 41.8 Å². The van der Waals surface area contributed by atoms with Gasteiger partial charge in [0.05, 0.1) is 35.4 Å². The number of methoxy groups -OCH3 is 1. The summed E-state index contributed by atoms with van der Waals surface area (Å²) in [6.07, 6.45) is 4.10. The van der Waals surface area contributed by atoms with E-state index in [1.165, 1.54) is 19.2 Å². The molecule has 0 saturated heterocycles. The Bertz CT molecular complexity index is 1880. The molecule has 2 unspecified atom stereocenters. The molecule has 2 N–H and O–H groups in total. The predicted octanol–water partition coefficient (Wildman–Crippen LogP) is 3.52. The van der Waals surface area contributed by atoms with Gasteiger partial charge in [0.15, 0.2) is 16.1 Å². The highest BCUT2D eigenvalue weighted by Crippen LogP contribution is 2.45. The Labute approximate surface area is 238 Å². The van der Waals surface area contributed by atoms with Crippen LogP contribution in [0.4, 0.5) is 0 Å². The maximum atomic E-state index is 13.7. The number of carbonyl (C=O) groups is 1. The van der Waals surface area contributed by atoms with Gasteiger partial charge in [-0.15, -0.1) is 0 Å². The molecule has 0 aliphatic carbocycles. The van der Waals surface area contributed by atoms with Crippen molar-refractivity contribution < 1.29 is 35.6 Å². The Kier molecular flexibility index (Phi) is 7.66. The number of ether oxygens (including phenoxy) is 2. The van der Waals surface area contributed by atoms with E-state index in [0.29, 0.717) is 22.0 Å². The van der Waals surface area contributed by atoms with Crippen LogP contribution in [-0.2, 0) is 41.6 Å². The summed E-state index contributed by atoms with van der Waals surface area (Å²) in [5.74, 6) is -1.52. The maximum Gasteiger partial charge on any atom is 0.342 e. The van der Waals surface area contributed by atoms with Crippen molar-refractivity contribution in [2.45, 2.75) is 30.7 Å². The average molecular weight is 600 g/mol. The van der Waals surface area contributed by atoms with E-state index < -0.39 is 37.9 Å². The largest absolute Gasteiger partial charge is 0.474 e. The lowest BCUT2D eigenvalue weighted by molar-refractivity contribution is 0.0591. The number of aryl methyl sites for hydroxylation is 1. The molecule has 0 spiro atoms. The molecule has 2 aromatic heterocycles. The van der Waals surface area contributed by atoms with Crippen molar-refractivity contribution in [1.82, 2.24) is 14.9 Å². The van der Waals surface area contributed by atoms with E-state index in [9.17, 15) is 22.0 Å². The summed E-state index contributed by atoms with van der Waals surface area (Å²) in [6.45, 7) is 3.09. The average Bonchev–Trinajstić information content (AvgIpc) is 3.30. The highest BCUT2D eigenvalue weighted by Gasteiger charge is 2.38. The Morgan fingerprint density at radius 3 is 2.54 bits per heavy atom. The van der Waals surface area contributed by atoms with Crippen molar-refractivity contribution in [1.29, 1.82) is 0 Å². The third-order valence-electron chi connectivity index (χ3n) is 6.66. The van der Waals surface area contributed by atoms with Crippen molar-refractivity contribution in [2.24, 2.45) is 7.05 Å². The molecule has 0 amide bonds. The van der Waals surface area contributed by atoms with E-state index in [-0.39, 0.29) is 38.9 Å². The third-order valence-corrected chi connectivity index (χ3v) is 9.72. The van der Waals surface area contributed by atoms with Gasteiger partial charge in [-0.1, -0.05) is 24.3 Å². The van der Waals surface area contributed by atoms with Gasteiger partial charge in [-0.2, -0.15) is 0 Å². The van der Waals surface area contributed by atoms with Crippen LogP contribution in [0.1, 0.15) is 35.3 Å². The van der Waals surface area contributed by atoms with Crippen LogP contribution in [0.25, 0.3) is 22.0 Å². The highest BCUT2D eigenvalue weighted by molar-refractivity contribution is 7.93. The number of aromatic nitrogens is 2. The molecule has 0 saturated carbocycles. The van der Waals surface area contributed by atoms with E-state index in [0.717, 1.165) is 0 Å². The van der Waals surface area contributed by atoms with Gasteiger partial charge in [0.1, 0.15) is 16.3 Å². The molecular weight excluding hydrogens is 570 g/mol. The van der Waals surface area contributed by atoms with Crippen LogP contribution in [0.5, 0.6) is 5.75 Å². The molecule has 2 atom stereocenters. The summed E-state index contributed by atoms with van der Waals surface area (Å²) in [7, 11) is -5.22. The number of carbonyl (C=O) groups excluding carboxylic acids is 1. The number of benzene rings is 2. The van der Waals surface area contributed by atoms with Crippen LogP contribution in [0.15, 0.2) is 66.0 Å². The maximum absolute atomic E-state index is 13.7. The van der Waals surface area contributed by atoms with E-state index >= 15 is 0 Å². The van der Waals surface area contributed by atoms with E-state index in [2.05, 4.69) is 10.3 Å². The van der Waals surface area contributed by atoms with E-state index in [1.807, 2.05) is 0 Å². The first-order chi connectivity index (χ1) is 19.5. The monoisotopic (exact) mass is 599 g/mol. The first-order valence-electron chi connectivity index (χ1n) is 12.7. The van der Waals surface area contributed by atoms with Crippen LogP contribution >= 0.6 is 0 Å². The van der Waals surface area contributed by atoms with E-state index in [1.54, 1.807) is 74.4 Å². The fourth-order valence-electron chi connectivity index (χ4n) is 5.06. The molecular formula is C28H29N3O8S2. The second kappa shape index (κ2) is 10.9. The third kappa shape index (κ3) is 5.11. The van der Waals surface area contributed by atoms with Gasteiger partial charge < -0.3 is 14.0 Å². The number of pyridine rings is 1. The highest BCUT2D eigenvalue weighted by atomic mass is 32.2. The summed E-state index contributed by atoms with van der Waals surface area (Å²) in [5.41, 5.74) is 1.63. The standard InChI is InChI=1S/C28H29N3O8S2/c1-5-38-41(35,36)27-24-22-20(18-10-9-13-29-14-18)15-31(3)25(22)21(16-40(33,34)19-11-7-6-8-12-19)23(28(32)37-4)26(24)39-17(2)30-27/h6-15,17,30H,5,16H2,1-4H3,(H,35,36). The lowest BCUT2D eigenvalue weighted by atomic mass is 9.93. The number of hydrogen-bond donors (Lipinski definition) is 2. The zero-order valence-corrected chi connectivity index (χ0v) is 24.4. The second-order valence-corrected chi connectivity index (χ2v) is 12.9. The molecule has 216 valence electrons. The zero-order valence-electron chi connectivity index (χ0n) is 22.8. The number of nitrogens with one attached hydrogen (secondary N) is 1. The number of fused-ring (bicyclic) bond motifs is 3.